The summed E-state index contributed by atoms with van der Waals surface area (Å²) in [5.41, 5.74) is 0.117. The molecule has 5 nitrogen and oxygen atoms in total. The molecule has 2 aromatic rings. The van der Waals surface area contributed by atoms with Crippen molar-refractivity contribution in [3.05, 3.63) is 46.8 Å². The van der Waals surface area contributed by atoms with E-state index in [9.17, 15) is 22.8 Å². The molecule has 0 aliphatic heterocycles. The highest BCUT2D eigenvalue weighted by atomic mass is 19.4. The first-order valence-electron chi connectivity index (χ1n) is 8.25. The number of halogens is 3. The van der Waals surface area contributed by atoms with Gasteiger partial charge in [-0.2, -0.15) is 18.3 Å². The minimum Gasteiger partial charge on any atom is -0.349 e. The number of carbonyl (C=O) groups excluding carboxylic acids is 2. The number of nitrogens with zero attached hydrogens (tertiary/aromatic N) is 2. The third-order valence-electron chi connectivity index (χ3n) is 4.39. The standard InChI is InChI=1S/C18H18F3N3O2/c1-10-15(16(25)17(26)22-9-12-6-7-12)11(2)24(23-10)14-5-3-4-13(8-14)18(19,20)21/h3-5,8,12H,6-7,9H2,1-2H3,(H,22,26). The maximum Gasteiger partial charge on any atom is 0.416 e. The SMILES string of the molecule is Cc1nn(-c2cccc(C(F)(F)F)c2)c(C)c1C(=O)C(=O)NCC1CC1. The summed E-state index contributed by atoms with van der Waals surface area (Å²) in [6, 6.07) is 4.67. The van der Waals surface area contributed by atoms with Gasteiger partial charge in [-0.15, -0.1) is 0 Å². The van der Waals surface area contributed by atoms with Gasteiger partial charge in [-0.25, -0.2) is 4.68 Å². The third-order valence-corrected chi connectivity index (χ3v) is 4.39. The summed E-state index contributed by atoms with van der Waals surface area (Å²) in [6.45, 7) is 3.57. The number of hydrogen-bond donors (Lipinski definition) is 1. The molecule has 1 aliphatic carbocycles. The number of nitrogens with one attached hydrogen (secondary N) is 1. The maximum atomic E-state index is 12.9. The van der Waals surface area contributed by atoms with Gasteiger partial charge < -0.3 is 5.32 Å². The number of alkyl halides is 3. The number of Topliss-reactive ketones (excluding diaryl/α,β-unsaturated/α-hetero) is 1. The van der Waals surface area contributed by atoms with Crippen molar-refractivity contribution in [1.82, 2.24) is 15.1 Å². The quantitative estimate of drug-likeness (QED) is 0.654. The van der Waals surface area contributed by atoms with Crippen LogP contribution in [0.5, 0.6) is 0 Å². The van der Waals surface area contributed by atoms with Crippen molar-refractivity contribution in [2.24, 2.45) is 5.92 Å². The number of aromatic nitrogens is 2. The fourth-order valence-electron chi connectivity index (χ4n) is 2.79. The van der Waals surface area contributed by atoms with Gasteiger partial charge in [0.15, 0.2) is 0 Å². The number of ketones is 1. The van der Waals surface area contributed by atoms with E-state index in [1.165, 1.54) is 16.8 Å². The van der Waals surface area contributed by atoms with Crippen LogP contribution in [0.1, 0.15) is 40.2 Å². The molecule has 1 aromatic heterocycles. The van der Waals surface area contributed by atoms with Crippen LogP contribution in [-0.2, 0) is 11.0 Å². The molecular weight excluding hydrogens is 347 g/mol. The fraction of sp³-hybridized carbons (Fsp3) is 0.389. The summed E-state index contributed by atoms with van der Waals surface area (Å²) in [6.07, 6.45) is -2.40. The number of carbonyl (C=O) groups is 2. The van der Waals surface area contributed by atoms with Crippen molar-refractivity contribution in [3.8, 4) is 5.69 Å². The molecule has 3 rings (SSSR count). The second-order valence-corrected chi connectivity index (χ2v) is 6.49. The van der Waals surface area contributed by atoms with Crippen molar-refractivity contribution < 1.29 is 22.8 Å². The molecule has 1 heterocycles. The van der Waals surface area contributed by atoms with E-state index in [4.69, 9.17) is 0 Å². The second kappa shape index (κ2) is 6.59. The molecular formula is C18H18F3N3O2. The zero-order chi connectivity index (χ0) is 19.1. The van der Waals surface area contributed by atoms with Crippen LogP contribution in [0.3, 0.4) is 0 Å². The molecule has 0 atom stereocenters. The Morgan fingerprint density at radius 3 is 2.58 bits per heavy atom. The molecule has 1 aromatic carbocycles. The van der Waals surface area contributed by atoms with Crippen LogP contribution in [0.15, 0.2) is 24.3 Å². The molecule has 1 saturated carbocycles. The van der Waals surface area contributed by atoms with E-state index < -0.39 is 23.4 Å². The Kier molecular flexibility index (Phi) is 4.60. The summed E-state index contributed by atoms with van der Waals surface area (Å²) in [5, 5.41) is 6.76. The topological polar surface area (TPSA) is 64.0 Å². The van der Waals surface area contributed by atoms with Crippen molar-refractivity contribution in [3.63, 3.8) is 0 Å². The van der Waals surface area contributed by atoms with Gasteiger partial charge in [-0.1, -0.05) is 6.07 Å². The van der Waals surface area contributed by atoms with Crippen LogP contribution in [-0.4, -0.2) is 28.0 Å². The number of benzene rings is 1. The van der Waals surface area contributed by atoms with E-state index in [0.29, 0.717) is 23.9 Å². The van der Waals surface area contributed by atoms with Gasteiger partial charge in [0.2, 0.25) is 0 Å². The minimum atomic E-state index is -4.48. The Hall–Kier alpha value is -2.64. The Morgan fingerprint density at radius 2 is 1.96 bits per heavy atom. The Labute approximate surface area is 148 Å². The smallest absolute Gasteiger partial charge is 0.349 e. The fourth-order valence-corrected chi connectivity index (χ4v) is 2.79. The van der Waals surface area contributed by atoms with Gasteiger partial charge in [-0.3, -0.25) is 9.59 Å². The summed E-state index contributed by atoms with van der Waals surface area (Å²) < 4.78 is 40.0. The molecule has 26 heavy (non-hydrogen) atoms. The van der Waals surface area contributed by atoms with Gasteiger partial charge >= 0.3 is 6.18 Å². The highest BCUT2D eigenvalue weighted by molar-refractivity contribution is 6.43. The lowest BCUT2D eigenvalue weighted by atomic mass is 10.1. The molecule has 1 N–H and O–H groups in total. The number of hydrogen-bond acceptors (Lipinski definition) is 3. The van der Waals surface area contributed by atoms with Crippen LogP contribution in [0.25, 0.3) is 5.69 Å². The van der Waals surface area contributed by atoms with E-state index in [1.807, 2.05) is 0 Å². The van der Waals surface area contributed by atoms with Gasteiger partial charge in [-0.05, 0) is 50.8 Å². The van der Waals surface area contributed by atoms with Crippen LogP contribution in [0.2, 0.25) is 0 Å². The average Bonchev–Trinajstić information content (AvgIpc) is 3.36. The van der Waals surface area contributed by atoms with E-state index in [1.54, 1.807) is 13.8 Å². The average molecular weight is 365 g/mol. The first-order chi connectivity index (χ1) is 12.2. The van der Waals surface area contributed by atoms with Crippen LogP contribution < -0.4 is 5.32 Å². The molecule has 0 spiro atoms. The number of amides is 1. The normalized spacial score (nSPS) is 14.3. The highest BCUT2D eigenvalue weighted by Gasteiger charge is 2.31. The lowest BCUT2D eigenvalue weighted by Gasteiger charge is -2.10. The lowest BCUT2D eigenvalue weighted by molar-refractivity contribution is -0.137. The monoisotopic (exact) mass is 365 g/mol. The number of rotatable bonds is 5. The van der Waals surface area contributed by atoms with E-state index >= 15 is 0 Å². The Bertz CT molecular complexity index is 867. The summed E-state index contributed by atoms with van der Waals surface area (Å²) in [7, 11) is 0. The van der Waals surface area contributed by atoms with Crippen molar-refractivity contribution in [2.45, 2.75) is 32.9 Å². The summed E-state index contributed by atoms with van der Waals surface area (Å²) in [5.74, 6) is -1.01. The van der Waals surface area contributed by atoms with Crippen molar-refractivity contribution in [2.75, 3.05) is 6.54 Å². The second-order valence-electron chi connectivity index (χ2n) is 6.49. The largest absolute Gasteiger partial charge is 0.416 e. The number of aryl methyl sites for hydroxylation is 1. The third kappa shape index (κ3) is 3.63. The van der Waals surface area contributed by atoms with Gasteiger partial charge in [0.1, 0.15) is 0 Å². The molecule has 0 saturated heterocycles. The van der Waals surface area contributed by atoms with Crippen LogP contribution in [0.4, 0.5) is 13.2 Å². The predicted molar refractivity (Wildman–Crippen MR) is 88.1 cm³/mol. The van der Waals surface area contributed by atoms with Crippen molar-refractivity contribution in [1.29, 1.82) is 0 Å². The molecule has 1 amide bonds. The molecule has 0 unspecified atom stereocenters. The molecule has 8 heteroatoms. The molecule has 1 aliphatic rings. The first-order valence-corrected chi connectivity index (χ1v) is 8.25. The van der Waals surface area contributed by atoms with E-state index in [-0.39, 0.29) is 11.3 Å². The predicted octanol–water partition coefficient (Wildman–Crippen LogP) is 3.22. The Balaban J connectivity index is 1.90. The van der Waals surface area contributed by atoms with Crippen LogP contribution >= 0.6 is 0 Å². The lowest BCUT2D eigenvalue weighted by Crippen LogP contribution is -2.33. The Morgan fingerprint density at radius 1 is 1.27 bits per heavy atom. The zero-order valence-electron chi connectivity index (χ0n) is 14.4. The molecule has 0 bridgehead atoms. The van der Waals surface area contributed by atoms with Gasteiger partial charge in [0.05, 0.1) is 28.2 Å². The maximum absolute atomic E-state index is 12.9. The van der Waals surface area contributed by atoms with Gasteiger partial charge in [0.25, 0.3) is 11.7 Å². The van der Waals surface area contributed by atoms with Gasteiger partial charge in [0, 0.05) is 6.54 Å². The summed E-state index contributed by atoms with van der Waals surface area (Å²) >= 11 is 0. The zero-order valence-corrected chi connectivity index (χ0v) is 14.4. The first kappa shape index (κ1) is 18.2. The van der Waals surface area contributed by atoms with Crippen molar-refractivity contribution >= 4 is 11.7 Å². The minimum absolute atomic E-state index is 0.121. The highest BCUT2D eigenvalue weighted by Crippen LogP contribution is 2.31. The molecule has 138 valence electrons. The van der Waals surface area contributed by atoms with E-state index in [0.717, 1.165) is 25.0 Å². The molecule has 1 fully saturated rings. The summed E-state index contributed by atoms with van der Waals surface area (Å²) in [4.78, 5) is 24.5. The van der Waals surface area contributed by atoms with E-state index in [2.05, 4.69) is 10.4 Å². The molecule has 0 radical (unpaired) electrons. The van der Waals surface area contributed by atoms with Crippen LogP contribution in [0, 0.1) is 19.8 Å².